The third-order valence-electron chi connectivity index (χ3n) is 2.97. The summed E-state index contributed by atoms with van der Waals surface area (Å²) < 4.78 is 10.3. The minimum Gasteiger partial charge on any atom is -0.497 e. The molecule has 0 atom stereocenters. The summed E-state index contributed by atoms with van der Waals surface area (Å²) in [6, 6.07) is 4.99. The van der Waals surface area contributed by atoms with Crippen LogP contribution >= 0.6 is 12.2 Å². The minimum atomic E-state index is -0.437. The molecular formula is C14H20N2O3S. The van der Waals surface area contributed by atoms with Crippen molar-refractivity contribution in [3.8, 4) is 11.5 Å². The zero-order chi connectivity index (χ0) is 15.3. The number of hydrogen-bond acceptors (Lipinski definition) is 4. The van der Waals surface area contributed by atoms with E-state index in [2.05, 4.69) is 5.32 Å². The summed E-state index contributed by atoms with van der Waals surface area (Å²) >= 11 is 4.97. The molecule has 0 aromatic heterocycles. The van der Waals surface area contributed by atoms with Crippen LogP contribution in [0.4, 0.5) is 0 Å². The lowest BCUT2D eigenvalue weighted by molar-refractivity contribution is 0.0944. The molecule has 0 spiro atoms. The van der Waals surface area contributed by atoms with E-state index in [1.54, 1.807) is 18.2 Å². The van der Waals surface area contributed by atoms with E-state index in [1.165, 1.54) is 14.2 Å². The van der Waals surface area contributed by atoms with Gasteiger partial charge in [-0.15, -0.1) is 0 Å². The Bertz CT molecular complexity index is 493. The Balaban J connectivity index is 2.85. The second-order valence-electron chi connectivity index (χ2n) is 5.03. The van der Waals surface area contributed by atoms with Gasteiger partial charge in [0.1, 0.15) is 11.5 Å². The van der Waals surface area contributed by atoms with Crippen LogP contribution in [0.1, 0.15) is 24.2 Å². The Morgan fingerprint density at radius 2 is 1.75 bits per heavy atom. The lowest BCUT2D eigenvalue weighted by Gasteiger charge is -2.23. The van der Waals surface area contributed by atoms with Crippen molar-refractivity contribution in [3.05, 3.63) is 23.8 Å². The van der Waals surface area contributed by atoms with E-state index in [-0.39, 0.29) is 5.91 Å². The van der Waals surface area contributed by atoms with E-state index < -0.39 is 5.41 Å². The predicted octanol–water partition coefficient (Wildman–Crippen LogP) is 1.75. The second-order valence-corrected chi connectivity index (χ2v) is 5.47. The fourth-order valence-corrected chi connectivity index (χ4v) is 1.50. The maximum absolute atomic E-state index is 12.1. The first-order valence-corrected chi connectivity index (χ1v) is 6.52. The molecule has 20 heavy (non-hydrogen) atoms. The molecule has 1 aromatic rings. The van der Waals surface area contributed by atoms with Crippen molar-refractivity contribution in [1.82, 2.24) is 5.32 Å². The quantitative estimate of drug-likeness (QED) is 0.782. The molecule has 3 N–H and O–H groups in total. The zero-order valence-corrected chi connectivity index (χ0v) is 13.0. The average molecular weight is 296 g/mol. The average Bonchev–Trinajstić information content (AvgIpc) is 2.43. The van der Waals surface area contributed by atoms with Crippen molar-refractivity contribution < 1.29 is 14.3 Å². The van der Waals surface area contributed by atoms with Gasteiger partial charge in [-0.05, 0) is 12.1 Å². The first-order valence-electron chi connectivity index (χ1n) is 6.11. The van der Waals surface area contributed by atoms with Crippen LogP contribution in [-0.2, 0) is 0 Å². The highest BCUT2D eigenvalue weighted by atomic mass is 32.1. The maximum Gasteiger partial charge on any atom is 0.251 e. The van der Waals surface area contributed by atoms with Crippen LogP contribution in [0.25, 0.3) is 0 Å². The molecule has 0 unspecified atom stereocenters. The first-order chi connectivity index (χ1) is 9.30. The van der Waals surface area contributed by atoms with Gasteiger partial charge in [-0.25, -0.2) is 0 Å². The number of carbonyl (C=O) groups excluding carboxylic acids is 1. The standard InChI is InChI=1S/C14H20N2O3S/c1-14(2,13(15)20)8-16-12(17)9-5-10(18-3)7-11(6-9)19-4/h5-7H,8H2,1-4H3,(H2,15,20)(H,16,17). The number of methoxy groups -OCH3 is 2. The van der Waals surface area contributed by atoms with Crippen LogP contribution in [0.3, 0.4) is 0 Å². The Morgan fingerprint density at radius 1 is 1.25 bits per heavy atom. The van der Waals surface area contributed by atoms with Gasteiger partial charge in [-0.1, -0.05) is 26.1 Å². The van der Waals surface area contributed by atoms with Gasteiger partial charge in [0.2, 0.25) is 0 Å². The second kappa shape index (κ2) is 6.56. The molecule has 0 aliphatic carbocycles. The molecule has 6 heteroatoms. The number of ether oxygens (including phenoxy) is 2. The number of rotatable bonds is 6. The Hall–Kier alpha value is -1.82. The highest BCUT2D eigenvalue weighted by Gasteiger charge is 2.22. The predicted molar refractivity (Wildman–Crippen MR) is 82.4 cm³/mol. The van der Waals surface area contributed by atoms with Crippen molar-refractivity contribution in [2.24, 2.45) is 11.1 Å². The molecule has 1 rings (SSSR count). The molecule has 110 valence electrons. The molecule has 0 bridgehead atoms. The van der Waals surface area contributed by atoms with E-state index in [0.717, 1.165) is 0 Å². The normalized spacial score (nSPS) is 10.8. The van der Waals surface area contributed by atoms with Gasteiger partial charge in [-0.2, -0.15) is 0 Å². The van der Waals surface area contributed by atoms with Gasteiger partial charge in [-0.3, -0.25) is 4.79 Å². The molecule has 0 radical (unpaired) electrons. The smallest absolute Gasteiger partial charge is 0.251 e. The summed E-state index contributed by atoms with van der Waals surface area (Å²) in [7, 11) is 3.07. The van der Waals surface area contributed by atoms with Crippen LogP contribution in [0.15, 0.2) is 18.2 Å². The topological polar surface area (TPSA) is 73.6 Å². The number of amides is 1. The fourth-order valence-electron chi connectivity index (χ4n) is 1.43. The first kappa shape index (κ1) is 16.2. The van der Waals surface area contributed by atoms with E-state index in [9.17, 15) is 4.79 Å². The molecule has 0 saturated heterocycles. The highest BCUT2D eigenvalue weighted by Crippen LogP contribution is 2.22. The van der Waals surface area contributed by atoms with E-state index in [0.29, 0.717) is 28.6 Å². The Kier molecular flexibility index (Phi) is 5.33. The summed E-state index contributed by atoms with van der Waals surface area (Å²) in [6.45, 7) is 4.12. The van der Waals surface area contributed by atoms with Gasteiger partial charge in [0.05, 0.1) is 19.2 Å². The van der Waals surface area contributed by atoms with Crippen molar-refractivity contribution in [3.63, 3.8) is 0 Å². The third kappa shape index (κ3) is 4.09. The summed E-state index contributed by atoms with van der Waals surface area (Å²) in [4.78, 5) is 12.5. The largest absolute Gasteiger partial charge is 0.497 e. The minimum absolute atomic E-state index is 0.230. The molecule has 0 aliphatic heterocycles. The van der Waals surface area contributed by atoms with Gasteiger partial charge in [0, 0.05) is 23.6 Å². The van der Waals surface area contributed by atoms with Crippen LogP contribution in [0.2, 0.25) is 0 Å². The lowest BCUT2D eigenvalue weighted by Crippen LogP contribution is -2.41. The molecule has 0 saturated carbocycles. The van der Waals surface area contributed by atoms with Crippen molar-refractivity contribution in [1.29, 1.82) is 0 Å². The van der Waals surface area contributed by atoms with E-state index in [1.807, 2.05) is 13.8 Å². The third-order valence-corrected chi connectivity index (χ3v) is 3.52. The SMILES string of the molecule is COc1cc(OC)cc(C(=O)NCC(C)(C)C(N)=S)c1. The highest BCUT2D eigenvalue weighted by molar-refractivity contribution is 7.80. The van der Waals surface area contributed by atoms with Crippen LogP contribution < -0.4 is 20.5 Å². The number of thiocarbonyl (C=S) groups is 1. The number of hydrogen-bond donors (Lipinski definition) is 2. The molecule has 0 heterocycles. The molecule has 0 fully saturated rings. The summed E-state index contributed by atoms with van der Waals surface area (Å²) in [6.07, 6.45) is 0. The van der Waals surface area contributed by atoms with Crippen LogP contribution in [0.5, 0.6) is 11.5 Å². The van der Waals surface area contributed by atoms with Crippen LogP contribution in [-0.4, -0.2) is 31.7 Å². The molecule has 1 aromatic carbocycles. The zero-order valence-electron chi connectivity index (χ0n) is 12.1. The number of nitrogens with two attached hydrogens (primary N) is 1. The molecular weight excluding hydrogens is 276 g/mol. The number of benzene rings is 1. The molecule has 0 aliphatic rings. The molecule has 1 amide bonds. The summed E-state index contributed by atoms with van der Waals surface area (Å²) in [5, 5.41) is 2.81. The number of carbonyl (C=O) groups is 1. The monoisotopic (exact) mass is 296 g/mol. The summed E-state index contributed by atoms with van der Waals surface area (Å²) in [5.74, 6) is 0.887. The van der Waals surface area contributed by atoms with Gasteiger partial charge in [0.15, 0.2) is 0 Å². The van der Waals surface area contributed by atoms with Crippen molar-refractivity contribution in [2.45, 2.75) is 13.8 Å². The lowest BCUT2D eigenvalue weighted by atomic mass is 9.93. The summed E-state index contributed by atoms with van der Waals surface area (Å²) in [5.41, 5.74) is 5.65. The van der Waals surface area contributed by atoms with E-state index in [4.69, 9.17) is 27.4 Å². The van der Waals surface area contributed by atoms with Gasteiger partial charge < -0.3 is 20.5 Å². The van der Waals surface area contributed by atoms with Crippen molar-refractivity contribution in [2.75, 3.05) is 20.8 Å². The van der Waals surface area contributed by atoms with Crippen molar-refractivity contribution >= 4 is 23.1 Å². The van der Waals surface area contributed by atoms with Gasteiger partial charge in [0.25, 0.3) is 5.91 Å². The molecule has 5 nitrogen and oxygen atoms in total. The van der Waals surface area contributed by atoms with Crippen LogP contribution in [0, 0.1) is 5.41 Å². The Labute approximate surface area is 124 Å². The fraction of sp³-hybridized carbons (Fsp3) is 0.429. The Morgan fingerprint density at radius 3 is 2.15 bits per heavy atom. The maximum atomic E-state index is 12.1. The van der Waals surface area contributed by atoms with Gasteiger partial charge >= 0.3 is 0 Å². The van der Waals surface area contributed by atoms with E-state index >= 15 is 0 Å². The number of nitrogens with one attached hydrogen (secondary N) is 1.